The van der Waals surface area contributed by atoms with Gasteiger partial charge in [0.15, 0.2) is 0 Å². The Labute approximate surface area is 136 Å². The van der Waals surface area contributed by atoms with Crippen LogP contribution in [0.2, 0.25) is 0 Å². The van der Waals surface area contributed by atoms with Crippen molar-refractivity contribution in [3.63, 3.8) is 0 Å². The van der Waals surface area contributed by atoms with Gasteiger partial charge in [0.05, 0.1) is 5.69 Å². The SMILES string of the molecule is Oc1ccccc1C=Nc1ccc(/C=C/c2ccccc2)cc1. The highest BCUT2D eigenvalue weighted by Gasteiger charge is 1.95. The number of hydrogen-bond acceptors (Lipinski definition) is 2. The van der Waals surface area contributed by atoms with Crippen LogP contribution in [0.5, 0.6) is 5.75 Å². The van der Waals surface area contributed by atoms with Gasteiger partial charge in [0, 0.05) is 11.8 Å². The molecule has 2 nitrogen and oxygen atoms in total. The number of aliphatic imine (C=N–C) groups is 1. The molecular formula is C21H17NO. The average molecular weight is 299 g/mol. The quantitative estimate of drug-likeness (QED) is 0.513. The summed E-state index contributed by atoms with van der Waals surface area (Å²) in [4.78, 5) is 4.39. The van der Waals surface area contributed by atoms with Gasteiger partial charge in [-0.1, -0.05) is 66.7 Å². The normalized spacial score (nSPS) is 11.3. The standard InChI is InChI=1S/C21H17NO/c23-21-9-5-4-8-19(21)16-22-20-14-12-18(13-15-20)11-10-17-6-2-1-3-7-17/h1-16,23H/b11-10+,22-16?. The Morgan fingerprint density at radius 1 is 0.652 bits per heavy atom. The zero-order chi connectivity index (χ0) is 15.9. The summed E-state index contributed by atoms with van der Waals surface area (Å²) in [6.45, 7) is 0. The molecule has 0 aliphatic heterocycles. The summed E-state index contributed by atoms with van der Waals surface area (Å²) >= 11 is 0. The Balaban J connectivity index is 1.70. The van der Waals surface area contributed by atoms with Crippen molar-refractivity contribution >= 4 is 24.1 Å². The third-order valence-corrected chi connectivity index (χ3v) is 3.45. The van der Waals surface area contributed by atoms with Crippen molar-refractivity contribution in [2.45, 2.75) is 0 Å². The first-order valence-corrected chi connectivity index (χ1v) is 7.46. The van der Waals surface area contributed by atoms with Crippen LogP contribution in [0.4, 0.5) is 5.69 Å². The first kappa shape index (κ1) is 14.8. The molecule has 0 aliphatic carbocycles. The summed E-state index contributed by atoms with van der Waals surface area (Å²) in [5, 5.41) is 9.71. The van der Waals surface area contributed by atoms with Gasteiger partial charge in [0.25, 0.3) is 0 Å². The number of phenols is 1. The molecule has 0 fully saturated rings. The van der Waals surface area contributed by atoms with Crippen LogP contribution in [-0.4, -0.2) is 11.3 Å². The molecule has 0 aliphatic rings. The van der Waals surface area contributed by atoms with E-state index < -0.39 is 0 Å². The fourth-order valence-corrected chi connectivity index (χ4v) is 2.17. The maximum Gasteiger partial charge on any atom is 0.124 e. The largest absolute Gasteiger partial charge is 0.507 e. The molecule has 0 saturated heterocycles. The summed E-state index contributed by atoms with van der Waals surface area (Å²) in [6, 6.07) is 25.3. The van der Waals surface area contributed by atoms with Crippen LogP contribution < -0.4 is 0 Å². The predicted molar refractivity (Wildman–Crippen MR) is 97.2 cm³/mol. The van der Waals surface area contributed by atoms with E-state index in [0.717, 1.165) is 11.3 Å². The maximum absolute atomic E-state index is 9.71. The molecule has 0 aromatic heterocycles. The Kier molecular flexibility index (Phi) is 4.65. The minimum Gasteiger partial charge on any atom is -0.507 e. The van der Waals surface area contributed by atoms with Gasteiger partial charge >= 0.3 is 0 Å². The second kappa shape index (κ2) is 7.23. The van der Waals surface area contributed by atoms with Crippen LogP contribution in [0.1, 0.15) is 16.7 Å². The van der Waals surface area contributed by atoms with Crippen molar-refractivity contribution in [1.82, 2.24) is 0 Å². The molecule has 112 valence electrons. The Morgan fingerprint density at radius 2 is 1.26 bits per heavy atom. The van der Waals surface area contributed by atoms with Gasteiger partial charge < -0.3 is 5.11 Å². The third-order valence-electron chi connectivity index (χ3n) is 3.45. The van der Waals surface area contributed by atoms with Gasteiger partial charge in [0.1, 0.15) is 5.75 Å². The summed E-state index contributed by atoms with van der Waals surface area (Å²) in [5.41, 5.74) is 3.86. The zero-order valence-electron chi connectivity index (χ0n) is 12.6. The van der Waals surface area contributed by atoms with Crippen molar-refractivity contribution in [1.29, 1.82) is 0 Å². The van der Waals surface area contributed by atoms with Crippen LogP contribution >= 0.6 is 0 Å². The molecule has 2 heteroatoms. The second-order valence-corrected chi connectivity index (χ2v) is 5.15. The Bertz CT molecular complexity index is 818. The van der Waals surface area contributed by atoms with Crippen LogP contribution in [0.25, 0.3) is 12.2 Å². The summed E-state index contributed by atoms with van der Waals surface area (Å²) in [7, 11) is 0. The molecule has 0 radical (unpaired) electrons. The monoisotopic (exact) mass is 299 g/mol. The fourth-order valence-electron chi connectivity index (χ4n) is 2.17. The minimum absolute atomic E-state index is 0.235. The molecule has 3 aromatic carbocycles. The average Bonchev–Trinajstić information content (AvgIpc) is 2.61. The van der Waals surface area contributed by atoms with Crippen LogP contribution in [0.15, 0.2) is 83.9 Å². The first-order valence-electron chi connectivity index (χ1n) is 7.46. The Hall–Kier alpha value is -3.13. The van der Waals surface area contributed by atoms with Crippen molar-refractivity contribution < 1.29 is 5.11 Å². The van der Waals surface area contributed by atoms with Gasteiger partial charge in [-0.2, -0.15) is 0 Å². The molecule has 0 bridgehead atoms. The molecule has 0 atom stereocenters. The highest BCUT2D eigenvalue weighted by molar-refractivity contribution is 5.85. The fraction of sp³-hybridized carbons (Fsp3) is 0. The first-order chi connectivity index (χ1) is 11.3. The molecule has 3 rings (SSSR count). The van der Waals surface area contributed by atoms with Crippen LogP contribution in [0.3, 0.4) is 0 Å². The lowest BCUT2D eigenvalue weighted by molar-refractivity contribution is 0.474. The topological polar surface area (TPSA) is 32.6 Å². The van der Waals surface area contributed by atoms with E-state index in [1.807, 2.05) is 54.6 Å². The van der Waals surface area contributed by atoms with Crippen LogP contribution in [0, 0.1) is 0 Å². The van der Waals surface area contributed by atoms with Gasteiger partial charge in [0.2, 0.25) is 0 Å². The van der Waals surface area contributed by atoms with E-state index in [2.05, 4.69) is 29.3 Å². The number of rotatable bonds is 4. The van der Waals surface area contributed by atoms with Crippen molar-refractivity contribution in [3.05, 3.63) is 95.6 Å². The second-order valence-electron chi connectivity index (χ2n) is 5.15. The minimum atomic E-state index is 0.235. The lowest BCUT2D eigenvalue weighted by Crippen LogP contribution is -1.80. The smallest absolute Gasteiger partial charge is 0.124 e. The highest BCUT2D eigenvalue weighted by Crippen LogP contribution is 2.17. The number of benzene rings is 3. The van der Waals surface area contributed by atoms with E-state index in [9.17, 15) is 5.11 Å². The lowest BCUT2D eigenvalue weighted by atomic mass is 10.1. The molecule has 0 saturated carbocycles. The van der Waals surface area contributed by atoms with Crippen molar-refractivity contribution in [3.8, 4) is 5.75 Å². The maximum atomic E-state index is 9.71. The van der Waals surface area contributed by atoms with Gasteiger partial charge in [-0.25, -0.2) is 0 Å². The molecule has 0 heterocycles. The van der Waals surface area contributed by atoms with E-state index in [0.29, 0.717) is 5.56 Å². The van der Waals surface area contributed by atoms with E-state index in [-0.39, 0.29) is 5.75 Å². The molecular weight excluding hydrogens is 282 g/mol. The van der Waals surface area contributed by atoms with Crippen molar-refractivity contribution in [2.75, 3.05) is 0 Å². The molecule has 0 amide bonds. The number of phenolic OH excluding ortho intramolecular Hbond substituents is 1. The number of hydrogen-bond donors (Lipinski definition) is 1. The molecule has 0 unspecified atom stereocenters. The van der Waals surface area contributed by atoms with Crippen LogP contribution in [-0.2, 0) is 0 Å². The lowest BCUT2D eigenvalue weighted by Gasteiger charge is -1.98. The summed E-state index contributed by atoms with van der Waals surface area (Å²) in [5.74, 6) is 0.235. The van der Waals surface area contributed by atoms with E-state index >= 15 is 0 Å². The third kappa shape index (κ3) is 4.17. The molecule has 23 heavy (non-hydrogen) atoms. The molecule has 3 aromatic rings. The number of para-hydroxylation sites is 1. The summed E-state index contributed by atoms with van der Waals surface area (Å²) < 4.78 is 0. The van der Waals surface area contributed by atoms with Gasteiger partial charge in [-0.3, -0.25) is 4.99 Å². The van der Waals surface area contributed by atoms with E-state index in [4.69, 9.17) is 0 Å². The molecule has 0 spiro atoms. The van der Waals surface area contributed by atoms with Gasteiger partial charge in [-0.05, 0) is 35.4 Å². The zero-order valence-corrected chi connectivity index (χ0v) is 12.6. The van der Waals surface area contributed by atoms with E-state index in [1.54, 1.807) is 18.3 Å². The molecule has 1 N–H and O–H groups in total. The Morgan fingerprint density at radius 3 is 1.96 bits per heavy atom. The van der Waals surface area contributed by atoms with Gasteiger partial charge in [-0.15, -0.1) is 0 Å². The van der Waals surface area contributed by atoms with Crippen molar-refractivity contribution in [2.24, 2.45) is 4.99 Å². The van der Waals surface area contributed by atoms with E-state index in [1.165, 1.54) is 5.56 Å². The summed E-state index contributed by atoms with van der Waals surface area (Å²) in [6.07, 6.45) is 5.83. The number of nitrogens with zero attached hydrogens (tertiary/aromatic N) is 1. The number of aromatic hydroxyl groups is 1. The highest BCUT2D eigenvalue weighted by atomic mass is 16.3. The predicted octanol–water partition coefficient (Wildman–Crippen LogP) is 5.31.